The average Bonchev–Trinajstić information content (AvgIpc) is 2.19. The van der Waals surface area contributed by atoms with E-state index >= 15 is 0 Å². The molecule has 0 radical (unpaired) electrons. The number of isocyanates is 2. The molecular weight excluding hydrogens is 235 g/mol. The van der Waals surface area contributed by atoms with Gasteiger partial charge in [0.15, 0.2) is 0 Å². The van der Waals surface area contributed by atoms with Crippen molar-refractivity contribution in [2.24, 2.45) is 9.98 Å². The lowest BCUT2D eigenvalue weighted by atomic mass is 10.7. The number of carbonyl (C=O) groups is 2. The molecule has 0 spiro atoms. The van der Waals surface area contributed by atoms with Gasteiger partial charge in [0.25, 0.3) is 11.8 Å². The van der Waals surface area contributed by atoms with E-state index in [1.165, 1.54) is 0 Å². The van der Waals surface area contributed by atoms with Crippen molar-refractivity contribution >= 4 is 47.2 Å². The van der Waals surface area contributed by atoms with Crippen LogP contribution in [0.1, 0.15) is 0 Å². The van der Waals surface area contributed by atoms with Crippen LogP contribution in [0.2, 0.25) is 0 Å². The van der Waals surface area contributed by atoms with E-state index in [1.54, 1.807) is 0 Å². The summed E-state index contributed by atoms with van der Waals surface area (Å²) in [4.78, 5) is 43.4. The highest BCUT2D eigenvalue weighted by Crippen LogP contribution is 1.76. The maximum atomic E-state index is 9.85. The van der Waals surface area contributed by atoms with E-state index in [1.807, 2.05) is 0 Å². The number of aliphatic imine (C=N–C) groups is 2. The third-order valence-electron chi connectivity index (χ3n) is 0.569. The molecule has 0 aromatic heterocycles. The standard InChI is InChI=1S/2C3H2ClNO2/c2*4-1-3(7)5-2-6/h2*1H2. The number of nitrogens with zero attached hydrogens (tertiary/aromatic N) is 2. The molecule has 0 unspecified atom stereocenters. The van der Waals surface area contributed by atoms with Crippen molar-refractivity contribution in [1.29, 1.82) is 0 Å². The van der Waals surface area contributed by atoms with Gasteiger partial charge in [-0.05, 0) is 0 Å². The van der Waals surface area contributed by atoms with E-state index in [2.05, 4.69) is 9.98 Å². The van der Waals surface area contributed by atoms with Gasteiger partial charge in [-0.2, -0.15) is 0 Å². The molecule has 0 aliphatic carbocycles. The third kappa shape index (κ3) is 13.3. The molecule has 0 saturated heterocycles. The number of hydrogen-bond donors (Lipinski definition) is 0. The first-order valence-electron chi connectivity index (χ1n) is 2.95. The number of carbonyl (C=O) groups excluding carboxylic acids is 4. The normalized spacial score (nSPS) is 7.00. The summed E-state index contributed by atoms with van der Waals surface area (Å²) in [5, 5.41) is 0. The highest BCUT2D eigenvalue weighted by atomic mass is 35.5. The fourth-order valence-electron chi connectivity index (χ4n) is 0.162. The Kier molecular flexibility index (Phi) is 12.7. The minimum absolute atomic E-state index is 0.255. The number of alkyl halides is 2. The second kappa shape index (κ2) is 11.7. The molecule has 8 heteroatoms. The summed E-state index contributed by atoms with van der Waals surface area (Å²) in [6.45, 7) is 0. The van der Waals surface area contributed by atoms with Crippen LogP contribution in [-0.4, -0.2) is 35.7 Å². The zero-order valence-electron chi connectivity index (χ0n) is 6.70. The van der Waals surface area contributed by atoms with Crippen molar-refractivity contribution < 1.29 is 19.2 Å². The highest BCUT2D eigenvalue weighted by Gasteiger charge is 1.89. The molecule has 0 fully saturated rings. The second-order valence-electron chi connectivity index (χ2n) is 1.46. The molecule has 0 aromatic carbocycles. The van der Waals surface area contributed by atoms with Crippen molar-refractivity contribution in [3.8, 4) is 0 Å². The van der Waals surface area contributed by atoms with E-state index in [0.29, 0.717) is 0 Å². The Morgan fingerprint density at radius 2 is 1.21 bits per heavy atom. The number of halogens is 2. The smallest absolute Gasteiger partial charge is 0.270 e. The summed E-state index contributed by atoms with van der Waals surface area (Å²) in [6.07, 6.45) is 2.12. The summed E-state index contributed by atoms with van der Waals surface area (Å²) >= 11 is 9.82. The third-order valence-corrected chi connectivity index (χ3v) is 1.03. The average molecular weight is 239 g/mol. The highest BCUT2D eigenvalue weighted by molar-refractivity contribution is 6.28. The molecule has 76 valence electrons. The Bertz CT molecular complexity index is 262. The van der Waals surface area contributed by atoms with Gasteiger partial charge in [-0.15, -0.1) is 33.2 Å². The van der Waals surface area contributed by atoms with Crippen LogP contribution in [0, 0.1) is 0 Å². The molecular formula is C6H4Cl2N2O4. The quantitative estimate of drug-likeness (QED) is 0.390. The Morgan fingerprint density at radius 3 is 1.29 bits per heavy atom. The predicted molar refractivity (Wildman–Crippen MR) is 47.7 cm³/mol. The Hall–Kier alpha value is -1.32. The zero-order chi connectivity index (χ0) is 11.4. The zero-order valence-corrected chi connectivity index (χ0v) is 8.21. The van der Waals surface area contributed by atoms with Crippen LogP contribution in [0.5, 0.6) is 0 Å². The molecule has 6 nitrogen and oxygen atoms in total. The van der Waals surface area contributed by atoms with Crippen molar-refractivity contribution in [3.63, 3.8) is 0 Å². The Balaban J connectivity index is 0. The molecule has 14 heavy (non-hydrogen) atoms. The van der Waals surface area contributed by atoms with Crippen LogP contribution >= 0.6 is 23.2 Å². The fraction of sp³-hybridized carbons (Fsp3) is 0.333. The number of rotatable bonds is 2. The summed E-state index contributed by atoms with van der Waals surface area (Å²) in [7, 11) is 0. The minimum atomic E-state index is -0.656. The summed E-state index contributed by atoms with van der Waals surface area (Å²) in [5.74, 6) is -1.82. The van der Waals surface area contributed by atoms with Gasteiger partial charge in [0, 0.05) is 0 Å². The van der Waals surface area contributed by atoms with Gasteiger partial charge < -0.3 is 0 Å². The Morgan fingerprint density at radius 1 is 0.929 bits per heavy atom. The molecule has 0 atom stereocenters. The first-order chi connectivity index (χ1) is 6.62. The monoisotopic (exact) mass is 238 g/mol. The lowest BCUT2D eigenvalue weighted by molar-refractivity contribution is -0.116. The van der Waals surface area contributed by atoms with Gasteiger partial charge in [0.2, 0.25) is 12.2 Å². The first-order valence-corrected chi connectivity index (χ1v) is 4.02. The van der Waals surface area contributed by atoms with E-state index in [9.17, 15) is 19.2 Å². The van der Waals surface area contributed by atoms with E-state index in [-0.39, 0.29) is 11.8 Å². The van der Waals surface area contributed by atoms with Crippen molar-refractivity contribution in [1.82, 2.24) is 0 Å². The van der Waals surface area contributed by atoms with Gasteiger partial charge in [-0.25, -0.2) is 9.59 Å². The fourth-order valence-corrected chi connectivity index (χ4v) is 0.281. The van der Waals surface area contributed by atoms with Crippen molar-refractivity contribution in [2.75, 3.05) is 11.8 Å². The van der Waals surface area contributed by atoms with Gasteiger partial charge >= 0.3 is 0 Å². The molecule has 0 aliphatic rings. The van der Waals surface area contributed by atoms with Crippen LogP contribution in [0.3, 0.4) is 0 Å². The number of hydrogen-bond acceptors (Lipinski definition) is 4. The molecule has 0 heterocycles. The molecule has 0 bridgehead atoms. The Labute approximate surface area is 88.6 Å². The topological polar surface area (TPSA) is 93.0 Å². The van der Waals surface area contributed by atoms with Gasteiger partial charge in [-0.1, -0.05) is 0 Å². The van der Waals surface area contributed by atoms with Crippen LogP contribution in [-0.2, 0) is 19.2 Å². The van der Waals surface area contributed by atoms with E-state index < -0.39 is 11.8 Å². The molecule has 0 N–H and O–H groups in total. The maximum absolute atomic E-state index is 9.85. The summed E-state index contributed by atoms with van der Waals surface area (Å²) in [6, 6.07) is 0. The molecule has 0 saturated carbocycles. The molecule has 0 aliphatic heterocycles. The molecule has 0 rings (SSSR count). The van der Waals surface area contributed by atoms with Gasteiger partial charge in [0.05, 0.1) is 0 Å². The van der Waals surface area contributed by atoms with Crippen LogP contribution in [0.25, 0.3) is 0 Å². The van der Waals surface area contributed by atoms with E-state index in [0.717, 1.165) is 12.2 Å². The van der Waals surface area contributed by atoms with Crippen LogP contribution < -0.4 is 0 Å². The minimum Gasteiger partial charge on any atom is -0.270 e. The second-order valence-corrected chi connectivity index (χ2v) is 2.00. The van der Waals surface area contributed by atoms with Crippen molar-refractivity contribution in [3.05, 3.63) is 0 Å². The van der Waals surface area contributed by atoms with Crippen molar-refractivity contribution in [2.45, 2.75) is 0 Å². The largest absolute Gasteiger partial charge is 0.271 e. The van der Waals surface area contributed by atoms with Crippen LogP contribution in [0.15, 0.2) is 9.98 Å². The van der Waals surface area contributed by atoms with Gasteiger partial charge in [0.1, 0.15) is 11.8 Å². The first kappa shape index (κ1) is 15.2. The summed E-state index contributed by atoms with van der Waals surface area (Å²) in [5.41, 5.74) is 0. The lowest BCUT2D eigenvalue weighted by Crippen LogP contribution is -1.90. The van der Waals surface area contributed by atoms with Gasteiger partial charge in [-0.3, -0.25) is 9.59 Å². The maximum Gasteiger partial charge on any atom is 0.271 e. The lowest BCUT2D eigenvalue weighted by Gasteiger charge is -1.71. The SMILES string of the molecule is O=C=NC(=O)CCl.O=C=NC(=O)CCl. The predicted octanol–water partition coefficient (Wildman–Crippen LogP) is 0.175. The van der Waals surface area contributed by atoms with E-state index in [4.69, 9.17) is 23.2 Å². The molecule has 0 aromatic rings. The molecule has 2 amide bonds. The summed E-state index contributed by atoms with van der Waals surface area (Å²) < 4.78 is 0. The number of amides is 2. The van der Waals surface area contributed by atoms with Crippen LogP contribution in [0.4, 0.5) is 0 Å².